The molecule has 0 aliphatic carbocycles. The van der Waals surface area contributed by atoms with Gasteiger partial charge >= 0.3 is 7.82 Å². The van der Waals surface area contributed by atoms with Gasteiger partial charge in [0.05, 0.1) is 39.9 Å². The molecule has 3 N–H and O–H groups in total. The van der Waals surface area contributed by atoms with E-state index >= 15 is 0 Å². The first-order valence-corrected chi connectivity index (χ1v) is 16.2. The molecule has 0 fully saturated rings. The maximum atomic E-state index is 12.5. The van der Waals surface area contributed by atoms with Crippen molar-refractivity contribution in [2.24, 2.45) is 0 Å². The van der Waals surface area contributed by atoms with E-state index in [9.17, 15) is 19.4 Å². The quantitative estimate of drug-likeness (QED) is 0.0526. The highest BCUT2D eigenvalue weighted by atomic mass is 31.2. The molecule has 8 nitrogen and oxygen atoms in total. The molecule has 0 rings (SSSR count). The minimum absolute atomic E-state index is 0.0482. The molecule has 0 aromatic heterocycles. The summed E-state index contributed by atoms with van der Waals surface area (Å²) in [7, 11) is 1.52. The van der Waals surface area contributed by atoms with E-state index in [1.807, 2.05) is 34.1 Å². The molecule has 40 heavy (non-hydrogen) atoms. The number of carbonyl (C=O) groups excluding carboxylic acids is 1. The number of amides is 1. The zero-order valence-corrected chi connectivity index (χ0v) is 26.4. The van der Waals surface area contributed by atoms with Gasteiger partial charge in [-0.25, -0.2) is 4.57 Å². The molecule has 0 bridgehead atoms. The summed E-state index contributed by atoms with van der Waals surface area (Å²) in [5, 5.41) is 13.3. The zero-order chi connectivity index (χ0) is 30.1. The predicted octanol–water partition coefficient (Wildman–Crippen LogP) is 6.39. The van der Waals surface area contributed by atoms with Crippen LogP contribution in [0.2, 0.25) is 0 Å². The Bertz CT molecular complexity index is 845. The van der Waals surface area contributed by atoms with Crippen LogP contribution in [0.25, 0.3) is 0 Å². The molecule has 0 spiro atoms. The Hall–Kier alpha value is -1.80. The number of unbranched alkanes of at least 4 members (excludes halogenated alkanes) is 3. The van der Waals surface area contributed by atoms with Gasteiger partial charge in [-0.2, -0.15) is 0 Å². The van der Waals surface area contributed by atoms with E-state index < -0.39 is 20.0 Å². The van der Waals surface area contributed by atoms with Crippen molar-refractivity contribution >= 4 is 13.7 Å². The third kappa shape index (κ3) is 25.2. The standard InChI is InChI=1S/C31H55N2O6P/c1-6-8-10-11-12-13-14-15-16-17-18-19-20-21-23-25-31(35)32-29(30(34)24-22-9-7-2)28-39-40(36,37)38-27-26-33(3,4)5/h8,10,12-13,15-16,18-19,22,24,29-30,34H,6-7,9,11,14,17,20-21,23,25-28H2,1-5H3,(H-,32,35,36,37)/p+1/b10-8-,13-12-,16-15-,19-18-,24-22+. The molecular weight excluding hydrogens is 527 g/mol. The molecule has 0 saturated carbocycles. The van der Waals surface area contributed by atoms with Gasteiger partial charge in [-0.3, -0.25) is 13.8 Å². The number of aliphatic hydroxyl groups excluding tert-OH is 1. The van der Waals surface area contributed by atoms with Crippen molar-refractivity contribution < 1.29 is 32.9 Å². The zero-order valence-electron chi connectivity index (χ0n) is 25.5. The number of phosphoric acid groups is 1. The SMILES string of the molecule is CC/C=C\C/C=C\C/C=C\C/C=C\CCCCC(=O)NC(COP(=O)(O)OCC[N+](C)(C)C)C(O)/C=C/CCC. The van der Waals surface area contributed by atoms with Crippen molar-refractivity contribution in [3.8, 4) is 0 Å². The van der Waals surface area contributed by atoms with E-state index in [1.165, 1.54) is 0 Å². The second-order valence-corrected chi connectivity index (χ2v) is 12.2. The van der Waals surface area contributed by atoms with Gasteiger partial charge < -0.3 is 19.8 Å². The third-order valence-corrected chi connectivity index (χ3v) is 6.71. The minimum Gasteiger partial charge on any atom is -0.387 e. The lowest BCUT2D eigenvalue weighted by molar-refractivity contribution is -0.870. The summed E-state index contributed by atoms with van der Waals surface area (Å²) in [5.74, 6) is -0.236. The van der Waals surface area contributed by atoms with E-state index in [1.54, 1.807) is 6.08 Å². The fourth-order valence-corrected chi connectivity index (χ4v) is 4.06. The second kappa shape index (κ2) is 23.9. The second-order valence-electron chi connectivity index (χ2n) is 10.7. The van der Waals surface area contributed by atoms with E-state index in [2.05, 4.69) is 60.8 Å². The molecule has 0 aliphatic heterocycles. The maximum absolute atomic E-state index is 12.5. The number of likely N-dealkylation sites (N-methyl/N-ethyl adjacent to an activating group) is 1. The molecule has 0 aromatic carbocycles. The lowest BCUT2D eigenvalue weighted by Gasteiger charge is -2.25. The van der Waals surface area contributed by atoms with Gasteiger partial charge in [0.2, 0.25) is 5.91 Å². The van der Waals surface area contributed by atoms with Gasteiger partial charge in [0.15, 0.2) is 0 Å². The van der Waals surface area contributed by atoms with E-state index in [0.29, 0.717) is 23.9 Å². The van der Waals surface area contributed by atoms with Crippen LogP contribution in [0.5, 0.6) is 0 Å². The molecule has 3 atom stereocenters. The summed E-state index contributed by atoms with van der Waals surface area (Å²) in [6, 6.07) is -0.864. The first-order chi connectivity index (χ1) is 19.0. The van der Waals surface area contributed by atoms with Gasteiger partial charge in [-0.05, 0) is 51.4 Å². The number of quaternary nitrogens is 1. The highest BCUT2D eigenvalue weighted by Gasteiger charge is 2.27. The topological polar surface area (TPSA) is 105 Å². The van der Waals surface area contributed by atoms with Crippen LogP contribution in [0.1, 0.15) is 78.1 Å². The van der Waals surface area contributed by atoms with Crippen LogP contribution in [-0.2, 0) is 18.4 Å². The summed E-state index contributed by atoms with van der Waals surface area (Å²) in [6.45, 7) is 4.38. The highest BCUT2D eigenvalue weighted by Crippen LogP contribution is 2.43. The molecule has 0 aromatic rings. The Balaban J connectivity index is 4.46. The first-order valence-electron chi connectivity index (χ1n) is 14.7. The van der Waals surface area contributed by atoms with Crippen molar-refractivity contribution in [2.75, 3.05) is 40.9 Å². The number of allylic oxidation sites excluding steroid dienone is 9. The number of nitrogens with one attached hydrogen (secondary N) is 1. The number of rotatable bonds is 24. The van der Waals surface area contributed by atoms with E-state index in [0.717, 1.165) is 51.4 Å². The summed E-state index contributed by atoms with van der Waals surface area (Å²) in [4.78, 5) is 22.5. The van der Waals surface area contributed by atoms with Crippen LogP contribution >= 0.6 is 7.82 Å². The highest BCUT2D eigenvalue weighted by molar-refractivity contribution is 7.47. The van der Waals surface area contributed by atoms with Gasteiger partial charge in [-0.15, -0.1) is 0 Å². The molecule has 0 aliphatic rings. The van der Waals surface area contributed by atoms with E-state index in [4.69, 9.17) is 9.05 Å². The predicted molar refractivity (Wildman–Crippen MR) is 166 cm³/mol. The summed E-state index contributed by atoms with van der Waals surface area (Å²) >= 11 is 0. The molecule has 1 amide bonds. The van der Waals surface area contributed by atoms with Crippen LogP contribution in [0, 0.1) is 0 Å². The first kappa shape index (κ1) is 38.2. The van der Waals surface area contributed by atoms with Gasteiger partial charge in [-0.1, -0.05) is 81.0 Å². The van der Waals surface area contributed by atoms with Crippen molar-refractivity contribution in [2.45, 2.75) is 90.2 Å². The van der Waals surface area contributed by atoms with Crippen LogP contribution in [-0.4, -0.2) is 73.4 Å². The Kier molecular flexibility index (Phi) is 22.8. The van der Waals surface area contributed by atoms with Crippen molar-refractivity contribution in [1.29, 1.82) is 0 Å². The number of phosphoric ester groups is 1. The lowest BCUT2D eigenvalue weighted by Crippen LogP contribution is -2.45. The molecule has 0 saturated heterocycles. The molecule has 230 valence electrons. The van der Waals surface area contributed by atoms with Crippen molar-refractivity contribution in [1.82, 2.24) is 5.32 Å². The smallest absolute Gasteiger partial charge is 0.387 e. The van der Waals surface area contributed by atoms with E-state index in [-0.39, 0.29) is 19.1 Å². The van der Waals surface area contributed by atoms with Crippen LogP contribution in [0.15, 0.2) is 60.8 Å². The molecule has 3 unspecified atom stereocenters. The minimum atomic E-state index is -4.32. The average molecular weight is 584 g/mol. The molecular formula is C31H56N2O6P+. The van der Waals surface area contributed by atoms with Crippen LogP contribution in [0.3, 0.4) is 0 Å². The Morgan fingerprint density at radius 1 is 0.875 bits per heavy atom. The number of carbonyl (C=O) groups is 1. The number of hydrogen-bond acceptors (Lipinski definition) is 5. The fraction of sp³-hybridized carbons (Fsp3) is 0.645. The normalized spacial score (nSPS) is 16.1. The largest absolute Gasteiger partial charge is 0.472 e. The molecule has 9 heteroatoms. The van der Waals surface area contributed by atoms with Crippen molar-refractivity contribution in [3.05, 3.63) is 60.8 Å². The maximum Gasteiger partial charge on any atom is 0.472 e. The lowest BCUT2D eigenvalue weighted by atomic mass is 10.1. The number of nitrogens with zero attached hydrogens (tertiary/aromatic N) is 1. The third-order valence-electron chi connectivity index (χ3n) is 5.72. The molecule has 0 radical (unpaired) electrons. The van der Waals surface area contributed by atoms with Crippen LogP contribution in [0.4, 0.5) is 0 Å². The Morgan fingerprint density at radius 2 is 1.48 bits per heavy atom. The fourth-order valence-electron chi connectivity index (χ4n) is 3.33. The van der Waals surface area contributed by atoms with Gasteiger partial charge in [0, 0.05) is 6.42 Å². The monoisotopic (exact) mass is 583 g/mol. The molecule has 0 heterocycles. The average Bonchev–Trinajstić information content (AvgIpc) is 2.88. The Morgan fingerprint density at radius 3 is 2.05 bits per heavy atom. The number of hydrogen-bond donors (Lipinski definition) is 3. The van der Waals surface area contributed by atoms with Gasteiger partial charge in [0.1, 0.15) is 13.2 Å². The van der Waals surface area contributed by atoms with Crippen molar-refractivity contribution in [3.63, 3.8) is 0 Å². The van der Waals surface area contributed by atoms with Gasteiger partial charge in [0.25, 0.3) is 0 Å². The summed E-state index contributed by atoms with van der Waals surface area (Å²) in [5.41, 5.74) is 0. The van der Waals surface area contributed by atoms with Crippen LogP contribution < -0.4 is 5.32 Å². The Labute approximate surface area is 243 Å². The summed E-state index contributed by atoms with van der Waals surface area (Å²) in [6.07, 6.45) is 28.0. The number of aliphatic hydroxyl groups is 1. The summed E-state index contributed by atoms with van der Waals surface area (Å²) < 4.78 is 23.0.